The topological polar surface area (TPSA) is 59.1 Å². The summed E-state index contributed by atoms with van der Waals surface area (Å²) in [6, 6.07) is 19.9. The van der Waals surface area contributed by atoms with Gasteiger partial charge in [0.25, 0.3) is 5.91 Å². The summed E-state index contributed by atoms with van der Waals surface area (Å²) in [6.45, 7) is 3.83. The molecule has 0 radical (unpaired) electrons. The number of nitrogens with one attached hydrogen (secondary N) is 1. The fourth-order valence-electron chi connectivity index (χ4n) is 2.81. The number of aromatic nitrogens is 1. The molecule has 0 unspecified atom stereocenters. The van der Waals surface area contributed by atoms with E-state index in [0.717, 1.165) is 11.1 Å². The molecule has 1 heterocycles. The summed E-state index contributed by atoms with van der Waals surface area (Å²) in [7, 11) is 0. The van der Waals surface area contributed by atoms with Gasteiger partial charge in [-0.1, -0.05) is 48.5 Å². The molecule has 2 aromatic carbocycles. The zero-order chi connectivity index (χ0) is 18.5. The van der Waals surface area contributed by atoms with Crippen LogP contribution in [0.5, 0.6) is 0 Å². The maximum atomic E-state index is 12.9. The average Bonchev–Trinajstić information content (AvgIpc) is 2.67. The monoisotopic (exact) mass is 344 g/mol. The van der Waals surface area contributed by atoms with Gasteiger partial charge < -0.3 is 5.32 Å². The van der Waals surface area contributed by atoms with Crippen LogP contribution in [0.25, 0.3) is 11.1 Å². The molecule has 130 valence electrons. The van der Waals surface area contributed by atoms with Crippen LogP contribution < -0.4 is 5.32 Å². The van der Waals surface area contributed by atoms with Gasteiger partial charge in [0.1, 0.15) is 5.69 Å². The van der Waals surface area contributed by atoms with Gasteiger partial charge in [-0.25, -0.2) is 0 Å². The summed E-state index contributed by atoms with van der Waals surface area (Å²) in [4.78, 5) is 29.7. The Morgan fingerprint density at radius 3 is 2.00 bits per heavy atom. The van der Waals surface area contributed by atoms with Gasteiger partial charge in [0.15, 0.2) is 0 Å². The van der Waals surface area contributed by atoms with Gasteiger partial charge in [0, 0.05) is 23.4 Å². The van der Waals surface area contributed by atoms with E-state index in [0.29, 0.717) is 16.8 Å². The molecule has 0 aliphatic heterocycles. The first-order valence-electron chi connectivity index (χ1n) is 8.53. The van der Waals surface area contributed by atoms with Gasteiger partial charge in [-0.05, 0) is 43.2 Å². The highest BCUT2D eigenvalue weighted by Gasteiger charge is 2.19. The minimum atomic E-state index is -0.166. The third kappa shape index (κ3) is 3.70. The van der Waals surface area contributed by atoms with Crippen molar-refractivity contribution in [3.63, 3.8) is 0 Å². The Kier molecular flexibility index (Phi) is 5.23. The number of carbonyl (C=O) groups excluding carboxylic acids is 2. The van der Waals surface area contributed by atoms with Gasteiger partial charge >= 0.3 is 0 Å². The third-order valence-corrected chi connectivity index (χ3v) is 3.95. The van der Waals surface area contributed by atoms with Crippen LogP contribution in [0.4, 0.5) is 0 Å². The molecule has 4 heteroatoms. The number of carbonyl (C=O) groups is 2. The van der Waals surface area contributed by atoms with E-state index in [1.54, 1.807) is 36.5 Å². The Bertz CT molecular complexity index is 934. The molecule has 3 rings (SSSR count). The number of amides is 1. The highest BCUT2D eigenvalue weighted by atomic mass is 16.1. The quantitative estimate of drug-likeness (QED) is 0.708. The molecule has 1 aromatic heterocycles. The lowest BCUT2D eigenvalue weighted by atomic mass is 9.92. The molecule has 0 aliphatic rings. The first kappa shape index (κ1) is 17.5. The minimum Gasteiger partial charge on any atom is -0.350 e. The maximum absolute atomic E-state index is 12.9. The number of benzene rings is 2. The van der Waals surface area contributed by atoms with Crippen LogP contribution in [-0.2, 0) is 0 Å². The van der Waals surface area contributed by atoms with Gasteiger partial charge in [-0.3, -0.25) is 14.6 Å². The van der Waals surface area contributed by atoms with E-state index >= 15 is 0 Å². The van der Waals surface area contributed by atoms with E-state index < -0.39 is 0 Å². The van der Waals surface area contributed by atoms with Crippen molar-refractivity contribution in [3.05, 3.63) is 89.7 Å². The number of rotatable bonds is 5. The van der Waals surface area contributed by atoms with Crippen molar-refractivity contribution >= 4 is 11.7 Å². The van der Waals surface area contributed by atoms with Crippen molar-refractivity contribution < 1.29 is 9.59 Å². The first-order valence-corrected chi connectivity index (χ1v) is 8.53. The molecular formula is C22H20N2O2. The summed E-state index contributed by atoms with van der Waals surface area (Å²) in [5.74, 6) is -0.323. The van der Waals surface area contributed by atoms with Crippen LogP contribution in [0, 0.1) is 0 Å². The number of hydrogen-bond donors (Lipinski definition) is 1. The molecule has 0 fully saturated rings. The van der Waals surface area contributed by atoms with E-state index in [1.165, 1.54) is 0 Å². The van der Waals surface area contributed by atoms with Crippen molar-refractivity contribution in [1.82, 2.24) is 10.3 Å². The van der Waals surface area contributed by atoms with E-state index in [2.05, 4.69) is 10.3 Å². The standard InChI is InChI=1S/C22H20N2O2/c1-15(2)24-22(26)19-12-6-4-10-17(19)16-9-3-5-11-18(16)21(25)20-13-7-8-14-23-20/h3-15H,1-2H3,(H,24,26). The molecule has 0 atom stereocenters. The molecule has 4 nitrogen and oxygen atoms in total. The molecule has 1 amide bonds. The summed E-state index contributed by atoms with van der Waals surface area (Å²) in [5, 5.41) is 2.91. The lowest BCUT2D eigenvalue weighted by molar-refractivity contribution is 0.0942. The minimum absolute atomic E-state index is 0.0287. The van der Waals surface area contributed by atoms with Crippen LogP contribution in [0.3, 0.4) is 0 Å². The van der Waals surface area contributed by atoms with E-state index in [4.69, 9.17) is 0 Å². The SMILES string of the molecule is CC(C)NC(=O)c1ccccc1-c1ccccc1C(=O)c1ccccn1. The second-order valence-corrected chi connectivity index (χ2v) is 6.26. The summed E-state index contributed by atoms with van der Waals surface area (Å²) in [5.41, 5.74) is 2.89. The third-order valence-electron chi connectivity index (χ3n) is 3.95. The Morgan fingerprint density at radius 2 is 1.38 bits per heavy atom. The number of nitrogens with zero attached hydrogens (tertiary/aromatic N) is 1. The van der Waals surface area contributed by atoms with Crippen molar-refractivity contribution in [2.24, 2.45) is 0 Å². The van der Waals surface area contributed by atoms with Crippen molar-refractivity contribution in [3.8, 4) is 11.1 Å². The molecule has 0 saturated carbocycles. The lowest BCUT2D eigenvalue weighted by Crippen LogP contribution is -2.30. The lowest BCUT2D eigenvalue weighted by Gasteiger charge is -2.14. The predicted molar refractivity (Wildman–Crippen MR) is 102 cm³/mol. The Hall–Kier alpha value is -3.27. The zero-order valence-electron chi connectivity index (χ0n) is 14.8. The highest BCUT2D eigenvalue weighted by molar-refractivity contribution is 6.13. The normalized spacial score (nSPS) is 10.6. The maximum Gasteiger partial charge on any atom is 0.252 e. The van der Waals surface area contributed by atoms with Crippen LogP contribution >= 0.6 is 0 Å². The Labute approximate surface area is 152 Å². The van der Waals surface area contributed by atoms with Crippen molar-refractivity contribution in [1.29, 1.82) is 0 Å². The van der Waals surface area contributed by atoms with Crippen LogP contribution in [0.15, 0.2) is 72.9 Å². The summed E-state index contributed by atoms with van der Waals surface area (Å²) >= 11 is 0. The molecule has 0 bridgehead atoms. The van der Waals surface area contributed by atoms with Crippen LogP contribution in [-0.4, -0.2) is 22.7 Å². The largest absolute Gasteiger partial charge is 0.350 e. The molecule has 3 aromatic rings. The Morgan fingerprint density at radius 1 is 0.808 bits per heavy atom. The molecule has 1 N–H and O–H groups in total. The smallest absolute Gasteiger partial charge is 0.252 e. The molecular weight excluding hydrogens is 324 g/mol. The van der Waals surface area contributed by atoms with Gasteiger partial charge in [-0.15, -0.1) is 0 Å². The number of hydrogen-bond acceptors (Lipinski definition) is 3. The summed E-state index contributed by atoms with van der Waals surface area (Å²) in [6.07, 6.45) is 1.60. The van der Waals surface area contributed by atoms with Crippen molar-refractivity contribution in [2.75, 3.05) is 0 Å². The average molecular weight is 344 g/mol. The summed E-state index contributed by atoms with van der Waals surface area (Å²) < 4.78 is 0. The molecule has 0 saturated heterocycles. The van der Waals surface area contributed by atoms with Gasteiger partial charge in [0.2, 0.25) is 5.78 Å². The fraction of sp³-hybridized carbons (Fsp3) is 0.136. The molecule has 0 spiro atoms. The number of ketones is 1. The highest BCUT2D eigenvalue weighted by Crippen LogP contribution is 2.28. The van der Waals surface area contributed by atoms with Gasteiger partial charge in [0.05, 0.1) is 0 Å². The van der Waals surface area contributed by atoms with Crippen LogP contribution in [0.2, 0.25) is 0 Å². The van der Waals surface area contributed by atoms with E-state index in [1.807, 2.05) is 50.2 Å². The van der Waals surface area contributed by atoms with E-state index in [-0.39, 0.29) is 17.7 Å². The van der Waals surface area contributed by atoms with Gasteiger partial charge in [-0.2, -0.15) is 0 Å². The predicted octanol–water partition coefficient (Wildman–Crippen LogP) is 4.12. The Balaban J connectivity index is 2.10. The number of pyridine rings is 1. The second-order valence-electron chi connectivity index (χ2n) is 6.26. The fourth-order valence-corrected chi connectivity index (χ4v) is 2.81. The van der Waals surface area contributed by atoms with Crippen molar-refractivity contribution in [2.45, 2.75) is 19.9 Å². The second kappa shape index (κ2) is 7.74. The zero-order valence-corrected chi connectivity index (χ0v) is 14.8. The molecule has 0 aliphatic carbocycles. The molecule has 26 heavy (non-hydrogen) atoms. The van der Waals surface area contributed by atoms with Crippen LogP contribution in [0.1, 0.15) is 40.3 Å². The first-order chi connectivity index (χ1) is 12.6. The van der Waals surface area contributed by atoms with E-state index in [9.17, 15) is 9.59 Å².